The zero-order valence-electron chi connectivity index (χ0n) is 7.82. The molecule has 0 aliphatic carbocycles. The summed E-state index contributed by atoms with van der Waals surface area (Å²) in [5.74, 6) is -1.26. The average molecular weight is 217 g/mol. The molecular formula is C10H7F4N. The van der Waals surface area contributed by atoms with E-state index < -0.39 is 17.6 Å². The number of aliphatic imine (C=N–C) groups is 1. The van der Waals surface area contributed by atoms with Crippen molar-refractivity contribution < 1.29 is 17.6 Å². The molecule has 0 N–H and O–H groups in total. The Balaban J connectivity index is 2.54. The fourth-order valence-electron chi connectivity index (χ4n) is 1.59. The van der Waals surface area contributed by atoms with Crippen LogP contribution in [0.1, 0.15) is 18.1 Å². The molecule has 80 valence electrons. The molecule has 0 saturated carbocycles. The van der Waals surface area contributed by atoms with Crippen LogP contribution in [0.4, 0.5) is 23.2 Å². The van der Waals surface area contributed by atoms with E-state index in [4.69, 9.17) is 0 Å². The second-order valence-corrected chi connectivity index (χ2v) is 3.48. The van der Waals surface area contributed by atoms with Gasteiger partial charge in [-0.25, -0.2) is 4.39 Å². The highest BCUT2D eigenvalue weighted by atomic mass is 19.4. The molecule has 15 heavy (non-hydrogen) atoms. The molecule has 0 fully saturated rings. The molecule has 2 rings (SSSR count). The minimum atomic E-state index is -4.64. The number of rotatable bonds is 0. The molecule has 0 radical (unpaired) electrons. The van der Waals surface area contributed by atoms with Gasteiger partial charge < -0.3 is 0 Å². The predicted octanol–water partition coefficient (Wildman–Crippen LogP) is 3.49. The molecule has 0 atom stereocenters. The average Bonchev–Trinajstić information content (AvgIpc) is 2.40. The summed E-state index contributed by atoms with van der Waals surface area (Å²) < 4.78 is 50.1. The van der Waals surface area contributed by atoms with Crippen LogP contribution in [0.3, 0.4) is 0 Å². The van der Waals surface area contributed by atoms with Crippen molar-refractivity contribution in [1.82, 2.24) is 0 Å². The van der Waals surface area contributed by atoms with Gasteiger partial charge in [-0.15, -0.1) is 0 Å². The van der Waals surface area contributed by atoms with Gasteiger partial charge in [-0.3, -0.25) is 4.99 Å². The molecule has 1 aromatic rings. The first kappa shape index (κ1) is 10.1. The van der Waals surface area contributed by atoms with E-state index in [1.54, 1.807) is 6.92 Å². The Bertz CT molecular complexity index is 445. The third-order valence-electron chi connectivity index (χ3n) is 2.23. The molecule has 1 aromatic carbocycles. The SMILES string of the molecule is CC1=Nc2cc(F)c(C(F)(F)F)cc2C1. The van der Waals surface area contributed by atoms with Crippen LogP contribution >= 0.6 is 0 Å². The van der Waals surface area contributed by atoms with E-state index in [0.717, 1.165) is 12.1 Å². The maximum absolute atomic E-state index is 13.1. The summed E-state index contributed by atoms with van der Waals surface area (Å²) in [6.45, 7) is 1.70. The maximum atomic E-state index is 13.1. The number of benzene rings is 1. The van der Waals surface area contributed by atoms with E-state index in [0.29, 0.717) is 23.4 Å². The first-order valence-electron chi connectivity index (χ1n) is 4.31. The van der Waals surface area contributed by atoms with Crippen LogP contribution in [0.5, 0.6) is 0 Å². The van der Waals surface area contributed by atoms with Crippen molar-refractivity contribution in [2.24, 2.45) is 4.99 Å². The number of hydrogen-bond acceptors (Lipinski definition) is 1. The lowest BCUT2D eigenvalue weighted by atomic mass is 10.1. The zero-order valence-corrected chi connectivity index (χ0v) is 7.82. The minimum absolute atomic E-state index is 0.304. The van der Waals surface area contributed by atoms with Gasteiger partial charge in [-0.05, 0) is 18.6 Å². The standard InChI is InChI=1S/C10H7F4N/c1-5-2-6-3-7(10(12,13)14)8(11)4-9(6)15-5/h3-4H,2H2,1H3. The second-order valence-electron chi connectivity index (χ2n) is 3.48. The third kappa shape index (κ3) is 1.73. The summed E-state index contributed by atoms with van der Waals surface area (Å²) in [7, 11) is 0. The Labute approximate surface area is 83.4 Å². The fourth-order valence-corrected chi connectivity index (χ4v) is 1.59. The van der Waals surface area contributed by atoms with Gasteiger partial charge in [0.05, 0.1) is 11.3 Å². The van der Waals surface area contributed by atoms with Crippen molar-refractivity contribution in [3.05, 3.63) is 29.1 Å². The third-order valence-corrected chi connectivity index (χ3v) is 2.23. The Hall–Kier alpha value is -1.39. The monoisotopic (exact) mass is 217 g/mol. The molecule has 1 aliphatic heterocycles. The topological polar surface area (TPSA) is 12.4 Å². The van der Waals surface area contributed by atoms with Gasteiger partial charge in [0.2, 0.25) is 0 Å². The van der Waals surface area contributed by atoms with E-state index in [1.165, 1.54) is 0 Å². The molecular weight excluding hydrogens is 210 g/mol. The Morgan fingerprint density at radius 3 is 2.53 bits per heavy atom. The summed E-state index contributed by atoms with van der Waals surface area (Å²) in [4.78, 5) is 3.95. The molecule has 0 aromatic heterocycles. The van der Waals surface area contributed by atoms with Crippen LogP contribution in [-0.2, 0) is 12.6 Å². The molecule has 1 heterocycles. The Morgan fingerprint density at radius 1 is 1.27 bits per heavy atom. The van der Waals surface area contributed by atoms with E-state index in [1.807, 2.05) is 0 Å². The van der Waals surface area contributed by atoms with Gasteiger partial charge in [0.15, 0.2) is 0 Å². The normalized spacial score (nSPS) is 15.1. The lowest BCUT2D eigenvalue weighted by Gasteiger charge is -2.09. The molecule has 0 bridgehead atoms. The van der Waals surface area contributed by atoms with Crippen molar-refractivity contribution in [2.45, 2.75) is 19.5 Å². The number of halogens is 4. The van der Waals surface area contributed by atoms with Crippen molar-refractivity contribution in [3.63, 3.8) is 0 Å². The van der Waals surface area contributed by atoms with Gasteiger partial charge in [0.1, 0.15) is 5.82 Å². The summed E-state index contributed by atoms with van der Waals surface area (Å²) in [5.41, 5.74) is 0.217. The van der Waals surface area contributed by atoms with Crippen molar-refractivity contribution in [2.75, 3.05) is 0 Å². The van der Waals surface area contributed by atoms with Gasteiger partial charge >= 0.3 is 6.18 Å². The molecule has 0 spiro atoms. The summed E-state index contributed by atoms with van der Waals surface area (Å²) in [6.07, 6.45) is -4.28. The Kier molecular flexibility index (Phi) is 2.06. The molecule has 0 saturated heterocycles. The zero-order chi connectivity index (χ0) is 11.2. The highest BCUT2D eigenvalue weighted by molar-refractivity contribution is 5.92. The quantitative estimate of drug-likeness (QED) is 0.590. The molecule has 1 aliphatic rings. The number of nitrogens with zero attached hydrogens (tertiary/aromatic N) is 1. The first-order chi connectivity index (χ1) is 6.88. The van der Waals surface area contributed by atoms with Crippen LogP contribution in [0.25, 0.3) is 0 Å². The molecule has 0 unspecified atom stereocenters. The molecule has 1 nitrogen and oxygen atoms in total. The van der Waals surface area contributed by atoms with Crippen LogP contribution < -0.4 is 0 Å². The molecule has 5 heteroatoms. The van der Waals surface area contributed by atoms with Crippen molar-refractivity contribution in [3.8, 4) is 0 Å². The van der Waals surface area contributed by atoms with Crippen LogP contribution in [0.15, 0.2) is 17.1 Å². The van der Waals surface area contributed by atoms with Crippen LogP contribution in [0, 0.1) is 5.82 Å². The predicted molar refractivity (Wildman–Crippen MR) is 47.9 cm³/mol. The van der Waals surface area contributed by atoms with Crippen molar-refractivity contribution >= 4 is 11.4 Å². The molecule has 0 amide bonds. The van der Waals surface area contributed by atoms with E-state index >= 15 is 0 Å². The van der Waals surface area contributed by atoms with Crippen molar-refractivity contribution in [1.29, 1.82) is 0 Å². The summed E-state index contributed by atoms with van der Waals surface area (Å²) in [6, 6.07) is 1.68. The number of hydrogen-bond donors (Lipinski definition) is 0. The van der Waals surface area contributed by atoms with Gasteiger partial charge in [-0.1, -0.05) is 0 Å². The number of alkyl halides is 3. The highest BCUT2D eigenvalue weighted by Crippen LogP contribution is 2.37. The maximum Gasteiger partial charge on any atom is 0.419 e. The lowest BCUT2D eigenvalue weighted by molar-refractivity contribution is -0.140. The Morgan fingerprint density at radius 2 is 1.93 bits per heavy atom. The van der Waals surface area contributed by atoms with Crippen LogP contribution in [-0.4, -0.2) is 5.71 Å². The van der Waals surface area contributed by atoms with Gasteiger partial charge in [0.25, 0.3) is 0 Å². The van der Waals surface area contributed by atoms with Gasteiger partial charge in [0, 0.05) is 18.2 Å². The van der Waals surface area contributed by atoms with E-state index in [2.05, 4.69) is 4.99 Å². The minimum Gasteiger partial charge on any atom is -0.257 e. The largest absolute Gasteiger partial charge is 0.419 e. The number of fused-ring (bicyclic) bond motifs is 1. The van der Waals surface area contributed by atoms with E-state index in [9.17, 15) is 17.6 Å². The summed E-state index contributed by atoms with van der Waals surface area (Å²) >= 11 is 0. The fraction of sp³-hybridized carbons (Fsp3) is 0.300. The lowest BCUT2D eigenvalue weighted by Crippen LogP contribution is -2.08. The smallest absolute Gasteiger partial charge is 0.257 e. The summed E-state index contributed by atoms with van der Waals surface area (Å²) in [5, 5.41) is 0. The highest BCUT2D eigenvalue weighted by Gasteiger charge is 2.35. The second kappa shape index (κ2) is 3.05. The first-order valence-corrected chi connectivity index (χ1v) is 4.31. The van der Waals surface area contributed by atoms with Gasteiger partial charge in [-0.2, -0.15) is 13.2 Å². The van der Waals surface area contributed by atoms with Crippen LogP contribution in [0.2, 0.25) is 0 Å². The van der Waals surface area contributed by atoms with E-state index in [-0.39, 0.29) is 0 Å².